The molecular weight excluding hydrogens is 316 g/mol. The van der Waals surface area contributed by atoms with E-state index in [4.69, 9.17) is 5.73 Å². The predicted octanol–water partition coefficient (Wildman–Crippen LogP) is 1.97. The number of rotatable bonds is 5. The number of hydrogen-bond acceptors (Lipinski definition) is 3. The van der Waals surface area contributed by atoms with Gasteiger partial charge in [0, 0.05) is 25.2 Å². The van der Waals surface area contributed by atoms with Crippen LogP contribution in [0.25, 0.3) is 0 Å². The van der Waals surface area contributed by atoms with Gasteiger partial charge in [0.25, 0.3) is 5.91 Å². The van der Waals surface area contributed by atoms with Crippen LogP contribution in [0.15, 0.2) is 36.5 Å². The minimum Gasteiger partial charge on any atom is -0.370 e. The summed E-state index contributed by atoms with van der Waals surface area (Å²) in [5.74, 6) is 0.0561. The second kappa shape index (κ2) is 7.51. The zero-order valence-corrected chi connectivity index (χ0v) is 14.5. The van der Waals surface area contributed by atoms with Crippen molar-refractivity contribution in [3.8, 4) is 0 Å². The van der Waals surface area contributed by atoms with E-state index in [-0.39, 0.29) is 11.8 Å². The molecule has 2 N–H and O–H groups in total. The number of benzene rings is 1. The zero-order chi connectivity index (χ0) is 17.8. The molecule has 0 unspecified atom stereocenters. The van der Waals surface area contributed by atoms with Gasteiger partial charge in [0.15, 0.2) is 0 Å². The van der Waals surface area contributed by atoms with Crippen LogP contribution in [0.3, 0.4) is 0 Å². The zero-order valence-electron chi connectivity index (χ0n) is 14.5. The highest BCUT2D eigenvalue weighted by Gasteiger charge is 2.26. The Bertz CT molecular complexity index is 746. The van der Waals surface area contributed by atoms with Crippen LogP contribution in [0.2, 0.25) is 0 Å². The van der Waals surface area contributed by atoms with Crippen molar-refractivity contribution in [3.63, 3.8) is 0 Å². The highest BCUT2D eigenvalue weighted by Crippen LogP contribution is 2.22. The highest BCUT2D eigenvalue weighted by atomic mass is 16.2. The smallest absolute Gasteiger partial charge is 0.257 e. The van der Waals surface area contributed by atoms with Crippen LogP contribution >= 0.6 is 0 Å². The summed E-state index contributed by atoms with van der Waals surface area (Å²) >= 11 is 0. The highest BCUT2D eigenvalue weighted by molar-refractivity contribution is 5.95. The molecule has 2 heterocycles. The quantitative estimate of drug-likeness (QED) is 0.903. The molecule has 0 spiro atoms. The summed E-state index contributed by atoms with van der Waals surface area (Å²) in [4.78, 5) is 25.7. The Labute approximate surface area is 147 Å². The Hall–Kier alpha value is -2.63. The van der Waals surface area contributed by atoms with Gasteiger partial charge in [-0.05, 0) is 31.2 Å². The van der Waals surface area contributed by atoms with E-state index in [9.17, 15) is 9.59 Å². The fraction of sp³-hybridized carbons (Fsp3) is 0.421. The normalized spacial score (nSPS) is 15.3. The molecule has 1 saturated heterocycles. The second-order valence-corrected chi connectivity index (χ2v) is 6.69. The summed E-state index contributed by atoms with van der Waals surface area (Å²) in [6.45, 7) is 3.92. The first-order valence-electron chi connectivity index (χ1n) is 8.68. The number of carbonyl (C=O) groups excluding carboxylic acids is 2. The van der Waals surface area contributed by atoms with Gasteiger partial charge >= 0.3 is 0 Å². The summed E-state index contributed by atoms with van der Waals surface area (Å²) in [6, 6.07) is 10.1. The molecule has 1 fully saturated rings. The van der Waals surface area contributed by atoms with Crippen LogP contribution in [0.4, 0.5) is 0 Å². The first-order chi connectivity index (χ1) is 12.0. The maximum Gasteiger partial charge on any atom is 0.257 e. The molecule has 1 aromatic heterocycles. The van der Waals surface area contributed by atoms with Gasteiger partial charge in [0.05, 0.1) is 18.3 Å². The fourth-order valence-electron chi connectivity index (χ4n) is 3.37. The van der Waals surface area contributed by atoms with Crippen molar-refractivity contribution in [2.75, 3.05) is 13.1 Å². The largest absolute Gasteiger partial charge is 0.370 e. The molecular formula is C19H24N4O2. The van der Waals surface area contributed by atoms with Crippen molar-refractivity contribution >= 4 is 11.8 Å². The van der Waals surface area contributed by atoms with E-state index in [0.717, 1.165) is 24.1 Å². The minimum atomic E-state index is -0.261. The number of likely N-dealkylation sites (tertiary alicyclic amines) is 1. The summed E-state index contributed by atoms with van der Waals surface area (Å²) in [5, 5.41) is 4.39. The molecule has 1 aliphatic rings. The average molecular weight is 340 g/mol. The monoisotopic (exact) mass is 340 g/mol. The molecule has 132 valence electrons. The van der Waals surface area contributed by atoms with Crippen LogP contribution in [0.1, 0.15) is 40.9 Å². The predicted molar refractivity (Wildman–Crippen MR) is 94.9 cm³/mol. The maximum atomic E-state index is 12.8. The van der Waals surface area contributed by atoms with E-state index in [2.05, 4.69) is 5.10 Å². The lowest BCUT2D eigenvalue weighted by molar-refractivity contribution is -0.119. The standard InChI is InChI=1S/C19H24N4O2/c1-14-17(12-21-23(14)13-16-5-3-2-4-6-16)19(25)22-9-7-15(8-10-22)11-18(20)24/h2-6,12,15H,7-11,13H2,1H3,(H2,20,24). The van der Waals surface area contributed by atoms with Gasteiger partial charge in [-0.1, -0.05) is 30.3 Å². The molecule has 0 bridgehead atoms. The number of primary amides is 1. The third-order valence-electron chi connectivity index (χ3n) is 4.90. The Morgan fingerprint density at radius 2 is 1.88 bits per heavy atom. The lowest BCUT2D eigenvalue weighted by atomic mass is 9.93. The Balaban J connectivity index is 1.64. The molecule has 0 atom stereocenters. The lowest BCUT2D eigenvalue weighted by Gasteiger charge is -2.31. The van der Waals surface area contributed by atoms with E-state index < -0.39 is 0 Å². The van der Waals surface area contributed by atoms with E-state index in [1.807, 2.05) is 46.8 Å². The summed E-state index contributed by atoms with van der Waals surface area (Å²) in [6.07, 6.45) is 3.73. The molecule has 3 rings (SSSR count). The van der Waals surface area contributed by atoms with Crippen molar-refractivity contribution in [2.45, 2.75) is 32.7 Å². The number of nitrogens with two attached hydrogens (primary N) is 1. The molecule has 0 aliphatic carbocycles. The Kier molecular flexibility index (Phi) is 5.16. The van der Waals surface area contributed by atoms with Crippen LogP contribution in [-0.4, -0.2) is 39.6 Å². The third-order valence-corrected chi connectivity index (χ3v) is 4.90. The van der Waals surface area contributed by atoms with Gasteiger partial charge in [0.1, 0.15) is 0 Å². The fourth-order valence-corrected chi connectivity index (χ4v) is 3.37. The van der Waals surface area contributed by atoms with Gasteiger partial charge < -0.3 is 10.6 Å². The molecule has 2 amide bonds. The van der Waals surface area contributed by atoms with E-state index in [0.29, 0.717) is 37.5 Å². The number of nitrogens with zero attached hydrogens (tertiary/aromatic N) is 3. The first kappa shape index (κ1) is 17.2. The van der Waals surface area contributed by atoms with Crippen LogP contribution in [-0.2, 0) is 11.3 Å². The molecule has 25 heavy (non-hydrogen) atoms. The molecule has 6 heteroatoms. The summed E-state index contributed by atoms with van der Waals surface area (Å²) in [7, 11) is 0. The van der Waals surface area contributed by atoms with Crippen molar-refractivity contribution in [1.82, 2.24) is 14.7 Å². The van der Waals surface area contributed by atoms with Gasteiger partial charge in [-0.15, -0.1) is 0 Å². The topological polar surface area (TPSA) is 81.2 Å². The summed E-state index contributed by atoms with van der Waals surface area (Å²) in [5.41, 5.74) is 7.96. The van der Waals surface area contributed by atoms with Gasteiger partial charge in [0.2, 0.25) is 5.91 Å². The number of aromatic nitrogens is 2. The number of carbonyl (C=O) groups is 2. The van der Waals surface area contributed by atoms with Gasteiger partial charge in [-0.2, -0.15) is 5.10 Å². The first-order valence-corrected chi connectivity index (χ1v) is 8.68. The maximum absolute atomic E-state index is 12.8. The number of hydrogen-bond donors (Lipinski definition) is 1. The van der Waals surface area contributed by atoms with Gasteiger partial charge in [-0.3, -0.25) is 14.3 Å². The third kappa shape index (κ3) is 4.07. The number of piperidine rings is 1. The van der Waals surface area contributed by atoms with Crippen molar-refractivity contribution < 1.29 is 9.59 Å². The summed E-state index contributed by atoms with van der Waals surface area (Å²) < 4.78 is 1.86. The van der Waals surface area contributed by atoms with Crippen LogP contribution < -0.4 is 5.73 Å². The Morgan fingerprint density at radius 3 is 2.52 bits per heavy atom. The molecule has 0 radical (unpaired) electrons. The van der Waals surface area contributed by atoms with Crippen molar-refractivity contribution in [2.24, 2.45) is 11.7 Å². The molecule has 1 aromatic carbocycles. The number of amides is 2. The molecule has 2 aromatic rings. The molecule has 6 nitrogen and oxygen atoms in total. The molecule has 0 saturated carbocycles. The lowest BCUT2D eigenvalue weighted by Crippen LogP contribution is -2.39. The Morgan fingerprint density at radius 1 is 1.20 bits per heavy atom. The average Bonchev–Trinajstić information content (AvgIpc) is 2.96. The van der Waals surface area contributed by atoms with Crippen molar-refractivity contribution in [1.29, 1.82) is 0 Å². The van der Waals surface area contributed by atoms with Gasteiger partial charge in [-0.25, -0.2) is 0 Å². The minimum absolute atomic E-state index is 0.0225. The van der Waals surface area contributed by atoms with E-state index >= 15 is 0 Å². The van der Waals surface area contributed by atoms with Crippen LogP contribution in [0.5, 0.6) is 0 Å². The molecule has 1 aliphatic heterocycles. The van der Waals surface area contributed by atoms with Crippen molar-refractivity contribution in [3.05, 3.63) is 53.3 Å². The van der Waals surface area contributed by atoms with E-state index in [1.54, 1.807) is 6.20 Å². The second-order valence-electron chi connectivity index (χ2n) is 6.69. The van der Waals surface area contributed by atoms with Crippen LogP contribution in [0, 0.1) is 12.8 Å². The SMILES string of the molecule is Cc1c(C(=O)N2CCC(CC(N)=O)CC2)cnn1Cc1ccccc1. The van der Waals surface area contributed by atoms with E-state index in [1.165, 1.54) is 0 Å².